The summed E-state index contributed by atoms with van der Waals surface area (Å²) in [5.41, 5.74) is -0.00606. The molecule has 1 unspecified atom stereocenters. The molecule has 0 saturated carbocycles. The molecular weight excluding hydrogens is 250 g/mol. The molecule has 18 heavy (non-hydrogen) atoms. The molecule has 5 heteroatoms. The van der Waals surface area contributed by atoms with Gasteiger partial charge in [-0.3, -0.25) is 4.98 Å². The number of hydrogen-bond donors (Lipinski definition) is 1. The Hall–Kier alpha value is -1.46. The number of rotatable bonds is 1. The number of fused-ring (bicyclic) bond motifs is 1. The lowest BCUT2D eigenvalue weighted by Gasteiger charge is -2.22. The Labute approximate surface area is 105 Å². The Bertz CT molecular complexity index is 706. The van der Waals surface area contributed by atoms with Gasteiger partial charge in [0.2, 0.25) is 0 Å². The first-order valence-corrected chi connectivity index (χ1v) is 7.59. The maximum Gasteiger partial charge on any atom is 0.153 e. The van der Waals surface area contributed by atoms with E-state index < -0.39 is 15.4 Å². The molecule has 0 radical (unpaired) electrons. The van der Waals surface area contributed by atoms with Crippen LogP contribution in [0.5, 0.6) is 0 Å². The number of aromatic nitrogens is 1. The first-order valence-electron chi connectivity index (χ1n) is 5.77. The summed E-state index contributed by atoms with van der Waals surface area (Å²) >= 11 is 0. The fourth-order valence-electron chi connectivity index (χ4n) is 2.52. The van der Waals surface area contributed by atoms with Gasteiger partial charge in [0.1, 0.15) is 5.60 Å². The van der Waals surface area contributed by atoms with Crippen molar-refractivity contribution >= 4 is 20.7 Å². The highest BCUT2D eigenvalue weighted by Gasteiger charge is 2.43. The largest absolute Gasteiger partial charge is 0.384 e. The molecule has 94 valence electrons. The quantitative estimate of drug-likeness (QED) is 0.840. The van der Waals surface area contributed by atoms with Crippen LogP contribution in [0.3, 0.4) is 0 Å². The van der Waals surface area contributed by atoms with E-state index in [4.69, 9.17) is 0 Å². The average molecular weight is 263 g/mol. The Morgan fingerprint density at radius 3 is 2.72 bits per heavy atom. The Kier molecular flexibility index (Phi) is 2.43. The van der Waals surface area contributed by atoms with Crippen molar-refractivity contribution in [1.82, 2.24) is 4.98 Å². The Morgan fingerprint density at radius 2 is 2.00 bits per heavy atom. The molecule has 1 fully saturated rings. The van der Waals surface area contributed by atoms with Crippen LogP contribution in [0.1, 0.15) is 12.0 Å². The number of hydrogen-bond acceptors (Lipinski definition) is 4. The standard InChI is InChI=1S/C13H13NO3S/c15-13(6-8-18(16,17)9-13)11-5-1-3-10-4-2-7-14-12(10)11/h1-5,7,15H,6,8-9H2. The van der Waals surface area contributed by atoms with Crippen molar-refractivity contribution in [2.45, 2.75) is 12.0 Å². The second kappa shape index (κ2) is 3.76. The normalized spacial score (nSPS) is 26.5. The fraction of sp³-hybridized carbons (Fsp3) is 0.308. The van der Waals surface area contributed by atoms with Crippen LogP contribution in [0.4, 0.5) is 0 Å². The van der Waals surface area contributed by atoms with E-state index in [2.05, 4.69) is 4.98 Å². The molecule has 1 aliphatic heterocycles. The first-order chi connectivity index (χ1) is 8.50. The monoisotopic (exact) mass is 263 g/mol. The van der Waals surface area contributed by atoms with Gasteiger partial charge >= 0.3 is 0 Å². The van der Waals surface area contributed by atoms with Gasteiger partial charge in [-0.25, -0.2) is 8.42 Å². The highest BCUT2D eigenvalue weighted by Crippen LogP contribution is 2.36. The highest BCUT2D eigenvalue weighted by molar-refractivity contribution is 7.91. The van der Waals surface area contributed by atoms with Gasteiger partial charge < -0.3 is 5.11 Å². The molecule has 1 aliphatic rings. The van der Waals surface area contributed by atoms with Crippen LogP contribution >= 0.6 is 0 Å². The van der Waals surface area contributed by atoms with E-state index >= 15 is 0 Å². The summed E-state index contributed by atoms with van der Waals surface area (Å²) in [6.07, 6.45) is 1.89. The third-order valence-electron chi connectivity index (χ3n) is 3.42. The molecule has 1 N–H and O–H groups in total. The SMILES string of the molecule is O=S1(=O)CCC(O)(c2cccc3cccnc23)C1. The molecule has 1 aromatic carbocycles. The van der Waals surface area contributed by atoms with Crippen LogP contribution in [0, 0.1) is 0 Å². The van der Waals surface area contributed by atoms with Gasteiger partial charge in [0, 0.05) is 17.1 Å². The van der Waals surface area contributed by atoms with Gasteiger partial charge in [-0.1, -0.05) is 24.3 Å². The lowest BCUT2D eigenvalue weighted by Crippen LogP contribution is -2.27. The van der Waals surface area contributed by atoms with E-state index in [1.807, 2.05) is 24.3 Å². The van der Waals surface area contributed by atoms with Gasteiger partial charge in [0.05, 0.1) is 17.0 Å². The molecule has 1 aromatic heterocycles. The predicted molar refractivity (Wildman–Crippen MR) is 68.9 cm³/mol. The Balaban J connectivity index is 2.21. The van der Waals surface area contributed by atoms with Crippen molar-refractivity contribution in [1.29, 1.82) is 0 Å². The van der Waals surface area contributed by atoms with Crippen LogP contribution < -0.4 is 0 Å². The van der Waals surface area contributed by atoms with Crippen molar-refractivity contribution < 1.29 is 13.5 Å². The highest BCUT2D eigenvalue weighted by atomic mass is 32.2. The molecule has 4 nitrogen and oxygen atoms in total. The fourth-order valence-corrected chi connectivity index (χ4v) is 4.35. The molecule has 1 atom stereocenters. The molecule has 0 spiro atoms. The summed E-state index contributed by atoms with van der Waals surface area (Å²) in [5.74, 6) is -0.178. The van der Waals surface area contributed by atoms with Crippen LogP contribution in [-0.4, -0.2) is 30.0 Å². The van der Waals surface area contributed by atoms with E-state index in [1.54, 1.807) is 12.3 Å². The van der Waals surface area contributed by atoms with Gasteiger partial charge in [0.15, 0.2) is 9.84 Å². The topological polar surface area (TPSA) is 67.3 Å². The van der Waals surface area contributed by atoms with E-state index in [1.165, 1.54) is 0 Å². The zero-order chi connectivity index (χ0) is 12.8. The van der Waals surface area contributed by atoms with E-state index in [0.29, 0.717) is 11.1 Å². The maximum absolute atomic E-state index is 11.6. The zero-order valence-electron chi connectivity index (χ0n) is 9.70. The minimum Gasteiger partial charge on any atom is -0.384 e. The van der Waals surface area contributed by atoms with E-state index in [0.717, 1.165) is 5.39 Å². The first kappa shape index (κ1) is 11.6. The van der Waals surface area contributed by atoms with Gasteiger partial charge in [0.25, 0.3) is 0 Å². The number of para-hydroxylation sites is 1. The molecule has 0 amide bonds. The minimum atomic E-state index is -3.15. The summed E-state index contributed by atoms with van der Waals surface area (Å²) in [7, 11) is -3.15. The van der Waals surface area contributed by atoms with Gasteiger partial charge in [-0.05, 0) is 12.5 Å². The van der Waals surface area contributed by atoms with Crippen molar-refractivity contribution in [2.75, 3.05) is 11.5 Å². The summed E-state index contributed by atoms with van der Waals surface area (Å²) in [6.45, 7) is 0. The number of sulfone groups is 1. The minimum absolute atomic E-state index is 0.0344. The summed E-state index contributed by atoms with van der Waals surface area (Å²) in [6, 6.07) is 9.21. The molecular formula is C13H13NO3S. The third kappa shape index (κ3) is 1.79. The number of nitrogens with zero attached hydrogens (tertiary/aromatic N) is 1. The summed E-state index contributed by atoms with van der Waals surface area (Å²) < 4.78 is 23.2. The third-order valence-corrected chi connectivity index (χ3v) is 5.16. The average Bonchev–Trinajstić information content (AvgIpc) is 2.64. The predicted octanol–water partition coefficient (Wildman–Crippen LogP) is 1.24. The van der Waals surface area contributed by atoms with Gasteiger partial charge in [-0.2, -0.15) is 0 Å². The summed E-state index contributed by atoms with van der Waals surface area (Å²) in [4.78, 5) is 4.26. The van der Waals surface area contributed by atoms with Crippen molar-refractivity contribution in [3.8, 4) is 0 Å². The van der Waals surface area contributed by atoms with Crippen LogP contribution in [0.2, 0.25) is 0 Å². The van der Waals surface area contributed by atoms with Crippen LogP contribution in [0.15, 0.2) is 36.5 Å². The van der Waals surface area contributed by atoms with Crippen molar-refractivity contribution in [2.24, 2.45) is 0 Å². The molecule has 2 heterocycles. The van der Waals surface area contributed by atoms with Crippen LogP contribution in [-0.2, 0) is 15.4 Å². The lowest BCUT2D eigenvalue weighted by molar-refractivity contribution is 0.0667. The molecule has 3 rings (SSSR count). The molecule has 2 aromatic rings. The van der Waals surface area contributed by atoms with Crippen molar-refractivity contribution in [3.63, 3.8) is 0 Å². The zero-order valence-corrected chi connectivity index (χ0v) is 10.5. The van der Waals surface area contributed by atoms with Gasteiger partial charge in [-0.15, -0.1) is 0 Å². The Morgan fingerprint density at radius 1 is 1.22 bits per heavy atom. The smallest absolute Gasteiger partial charge is 0.153 e. The molecule has 0 aliphatic carbocycles. The second-order valence-electron chi connectivity index (χ2n) is 4.75. The number of benzene rings is 1. The number of aliphatic hydroxyl groups is 1. The van der Waals surface area contributed by atoms with Crippen molar-refractivity contribution in [3.05, 3.63) is 42.1 Å². The number of pyridine rings is 1. The second-order valence-corrected chi connectivity index (χ2v) is 6.94. The molecule has 1 saturated heterocycles. The lowest BCUT2D eigenvalue weighted by atomic mass is 9.91. The van der Waals surface area contributed by atoms with Crippen LogP contribution in [0.25, 0.3) is 10.9 Å². The van der Waals surface area contributed by atoms with E-state index in [-0.39, 0.29) is 17.9 Å². The maximum atomic E-state index is 11.6. The van der Waals surface area contributed by atoms with E-state index in [9.17, 15) is 13.5 Å². The summed E-state index contributed by atoms with van der Waals surface area (Å²) in [5, 5.41) is 11.5. The molecule has 0 bridgehead atoms.